The van der Waals surface area contributed by atoms with E-state index in [1.807, 2.05) is 0 Å². The highest BCUT2D eigenvalue weighted by molar-refractivity contribution is 5.01. The number of nitrogens with one attached hydrogen (secondary N) is 2. The van der Waals surface area contributed by atoms with Gasteiger partial charge in [-0.1, -0.05) is 0 Å². The fourth-order valence-corrected chi connectivity index (χ4v) is 2.22. The lowest BCUT2D eigenvalue weighted by molar-refractivity contribution is 0.0414. The molecule has 0 aliphatic rings. The third-order valence-corrected chi connectivity index (χ3v) is 3.70. The van der Waals surface area contributed by atoms with E-state index in [1.165, 1.54) is 21.5 Å². The van der Waals surface area contributed by atoms with Crippen LogP contribution in [0.15, 0.2) is 31.6 Å². The van der Waals surface area contributed by atoms with Crippen LogP contribution in [0.1, 0.15) is 11.1 Å². The van der Waals surface area contributed by atoms with Gasteiger partial charge in [-0.25, -0.2) is 9.59 Å². The molecule has 26 heavy (non-hydrogen) atoms. The Bertz CT molecular complexity index is 889. The molecule has 0 aliphatic carbocycles. The van der Waals surface area contributed by atoms with Gasteiger partial charge in [0.25, 0.3) is 11.1 Å². The summed E-state index contributed by atoms with van der Waals surface area (Å²) in [5, 5.41) is 0. The van der Waals surface area contributed by atoms with Gasteiger partial charge in [-0.3, -0.25) is 28.7 Å². The molecular weight excluding hydrogens is 344 g/mol. The van der Waals surface area contributed by atoms with Gasteiger partial charge in [0, 0.05) is 23.5 Å². The summed E-state index contributed by atoms with van der Waals surface area (Å²) < 4.78 is 13.5. The quantitative estimate of drug-likeness (QED) is 0.533. The van der Waals surface area contributed by atoms with Crippen LogP contribution in [0.3, 0.4) is 0 Å². The Hall–Kier alpha value is -2.72. The highest BCUT2D eigenvalue weighted by atomic mass is 16.5. The zero-order valence-electron chi connectivity index (χ0n) is 14.7. The van der Waals surface area contributed by atoms with Gasteiger partial charge in [-0.05, 0) is 13.8 Å². The Balaban J connectivity index is 1.64. The van der Waals surface area contributed by atoms with Crippen LogP contribution in [0, 0.1) is 13.8 Å². The molecule has 0 fully saturated rings. The topological polar surface area (TPSA) is 128 Å². The lowest BCUT2D eigenvalue weighted by atomic mass is 10.4. The maximum Gasteiger partial charge on any atom is 0.328 e. The molecule has 0 saturated heterocycles. The molecule has 2 N–H and O–H groups in total. The molecule has 10 nitrogen and oxygen atoms in total. The van der Waals surface area contributed by atoms with Gasteiger partial charge in [-0.15, -0.1) is 0 Å². The monoisotopic (exact) mass is 366 g/mol. The van der Waals surface area contributed by atoms with E-state index in [9.17, 15) is 19.2 Å². The molecule has 0 saturated carbocycles. The summed E-state index contributed by atoms with van der Waals surface area (Å²) in [7, 11) is 0. The van der Waals surface area contributed by atoms with Crippen molar-refractivity contribution in [2.75, 3.05) is 26.4 Å². The van der Waals surface area contributed by atoms with Crippen LogP contribution in [0.4, 0.5) is 0 Å². The number of H-pyrrole nitrogens is 2. The van der Waals surface area contributed by atoms with Gasteiger partial charge in [0.15, 0.2) is 0 Å². The van der Waals surface area contributed by atoms with Gasteiger partial charge in [-0.2, -0.15) is 0 Å². The maximum absolute atomic E-state index is 11.6. The Morgan fingerprint density at radius 2 is 1.12 bits per heavy atom. The van der Waals surface area contributed by atoms with E-state index in [1.54, 1.807) is 13.8 Å². The van der Waals surface area contributed by atoms with Gasteiger partial charge in [0.2, 0.25) is 0 Å². The Labute approximate surface area is 148 Å². The molecule has 0 aliphatic heterocycles. The molecule has 2 rings (SSSR count). The highest BCUT2D eigenvalue weighted by Gasteiger charge is 2.02. The number of nitrogens with zero attached hydrogens (tertiary/aromatic N) is 2. The summed E-state index contributed by atoms with van der Waals surface area (Å²) in [5.74, 6) is 0. The molecule has 0 unspecified atom stereocenters. The molecule has 0 atom stereocenters. The minimum absolute atomic E-state index is 0.299. The Morgan fingerprint density at radius 1 is 0.731 bits per heavy atom. The van der Waals surface area contributed by atoms with Crippen molar-refractivity contribution >= 4 is 0 Å². The average molecular weight is 366 g/mol. The van der Waals surface area contributed by atoms with Crippen LogP contribution in [-0.4, -0.2) is 45.5 Å². The summed E-state index contributed by atoms with van der Waals surface area (Å²) in [6.45, 7) is 5.15. The maximum atomic E-state index is 11.6. The fraction of sp³-hybridized carbons (Fsp3) is 0.500. The predicted octanol–water partition coefficient (Wildman–Crippen LogP) is -1.26. The van der Waals surface area contributed by atoms with Crippen molar-refractivity contribution in [1.29, 1.82) is 0 Å². The first-order valence-electron chi connectivity index (χ1n) is 8.14. The Kier molecular flexibility index (Phi) is 6.87. The zero-order valence-corrected chi connectivity index (χ0v) is 14.7. The van der Waals surface area contributed by atoms with E-state index in [4.69, 9.17) is 9.47 Å². The van der Waals surface area contributed by atoms with E-state index in [0.29, 0.717) is 50.6 Å². The molecule has 142 valence electrons. The lowest BCUT2D eigenvalue weighted by Crippen LogP contribution is -2.32. The molecule has 0 amide bonds. The van der Waals surface area contributed by atoms with E-state index in [2.05, 4.69) is 9.97 Å². The summed E-state index contributed by atoms with van der Waals surface area (Å²) >= 11 is 0. The zero-order chi connectivity index (χ0) is 19.1. The second-order valence-electron chi connectivity index (χ2n) is 5.75. The summed E-state index contributed by atoms with van der Waals surface area (Å²) in [6.07, 6.45) is 2.98. The molecule has 10 heteroatoms. The number of hydrogen-bond acceptors (Lipinski definition) is 6. The predicted molar refractivity (Wildman–Crippen MR) is 93.8 cm³/mol. The van der Waals surface area contributed by atoms with Gasteiger partial charge >= 0.3 is 11.4 Å². The minimum atomic E-state index is -0.470. The number of aromatic nitrogens is 4. The second-order valence-corrected chi connectivity index (χ2v) is 5.75. The van der Waals surface area contributed by atoms with E-state index in [0.717, 1.165) is 0 Å². The van der Waals surface area contributed by atoms with Gasteiger partial charge < -0.3 is 9.47 Å². The first-order valence-corrected chi connectivity index (χ1v) is 8.14. The van der Waals surface area contributed by atoms with Crippen molar-refractivity contribution in [3.8, 4) is 0 Å². The van der Waals surface area contributed by atoms with Crippen molar-refractivity contribution in [3.63, 3.8) is 0 Å². The molecule has 2 aromatic heterocycles. The average Bonchev–Trinajstić information content (AvgIpc) is 2.58. The van der Waals surface area contributed by atoms with E-state index in [-0.39, 0.29) is 0 Å². The van der Waals surface area contributed by atoms with Crippen LogP contribution in [-0.2, 0) is 22.6 Å². The number of rotatable bonds is 9. The van der Waals surface area contributed by atoms with Crippen LogP contribution in [0.2, 0.25) is 0 Å². The molecule has 2 aromatic rings. The smallest absolute Gasteiger partial charge is 0.328 e. The van der Waals surface area contributed by atoms with Crippen LogP contribution in [0.5, 0.6) is 0 Å². The van der Waals surface area contributed by atoms with Crippen LogP contribution in [0.25, 0.3) is 0 Å². The van der Waals surface area contributed by atoms with Crippen LogP contribution >= 0.6 is 0 Å². The molecule has 2 heterocycles. The van der Waals surface area contributed by atoms with Crippen LogP contribution < -0.4 is 22.5 Å². The minimum Gasteiger partial charge on any atom is -0.377 e. The number of aryl methyl sites for hydroxylation is 2. The van der Waals surface area contributed by atoms with E-state index < -0.39 is 22.5 Å². The highest BCUT2D eigenvalue weighted by Crippen LogP contribution is 1.88. The van der Waals surface area contributed by atoms with E-state index >= 15 is 0 Å². The molecular formula is C16H22N4O6. The molecule has 0 bridgehead atoms. The fourth-order valence-electron chi connectivity index (χ4n) is 2.22. The van der Waals surface area contributed by atoms with Crippen molar-refractivity contribution < 1.29 is 9.47 Å². The van der Waals surface area contributed by atoms with Crippen molar-refractivity contribution in [2.45, 2.75) is 26.9 Å². The summed E-state index contributed by atoms with van der Waals surface area (Å²) in [6, 6.07) is 0. The summed E-state index contributed by atoms with van der Waals surface area (Å²) in [4.78, 5) is 50.2. The number of hydrogen-bond donors (Lipinski definition) is 2. The SMILES string of the molecule is Cc1cn(CCOCCOCCn2cc(C)c(=O)[nH]c2=O)c(=O)[nH]c1=O. The first-order chi connectivity index (χ1) is 12.4. The Morgan fingerprint density at radius 3 is 1.50 bits per heavy atom. The number of ether oxygens (including phenoxy) is 2. The van der Waals surface area contributed by atoms with Gasteiger partial charge in [0.05, 0.1) is 39.5 Å². The molecule has 0 radical (unpaired) electrons. The molecule has 0 spiro atoms. The lowest BCUT2D eigenvalue weighted by Gasteiger charge is -2.09. The third-order valence-electron chi connectivity index (χ3n) is 3.70. The largest absolute Gasteiger partial charge is 0.377 e. The first kappa shape index (κ1) is 19.6. The van der Waals surface area contributed by atoms with Crippen molar-refractivity contribution in [3.05, 3.63) is 65.2 Å². The third kappa shape index (κ3) is 5.39. The normalized spacial score (nSPS) is 11.0. The standard InChI is InChI=1S/C16H22N4O6/c1-11-9-19(15(23)17-13(11)21)3-5-25-7-8-26-6-4-20-10-12(2)14(22)18-16(20)24/h9-10H,3-8H2,1-2H3,(H,17,21,23)(H,18,22,24). The van der Waals surface area contributed by atoms with Gasteiger partial charge in [0.1, 0.15) is 0 Å². The van der Waals surface area contributed by atoms with Crippen molar-refractivity contribution in [2.24, 2.45) is 0 Å². The second kappa shape index (κ2) is 9.11. The summed E-state index contributed by atoms with van der Waals surface area (Å²) in [5.41, 5.74) is -0.805. The van der Waals surface area contributed by atoms with Crippen molar-refractivity contribution in [1.82, 2.24) is 19.1 Å². The number of aromatic amines is 2. The molecule has 0 aromatic carbocycles.